The Morgan fingerprint density at radius 3 is 2.42 bits per heavy atom. The van der Waals surface area contributed by atoms with Crippen molar-refractivity contribution in [3.8, 4) is 5.75 Å². The number of amides is 2. The van der Waals surface area contributed by atoms with Crippen LogP contribution in [-0.2, 0) is 21.9 Å². The van der Waals surface area contributed by atoms with Gasteiger partial charge in [-0.15, -0.1) is 0 Å². The summed E-state index contributed by atoms with van der Waals surface area (Å²) < 4.78 is 5.22. The van der Waals surface area contributed by atoms with Crippen molar-refractivity contribution < 1.29 is 14.3 Å². The van der Waals surface area contributed by atoms with Gasteiger partial charge in [-0.05, 0) is 36.6 Å². The molecule has 0 bridgehead atoms. The molecule has 0 fully saturated rings. The number of unbranched alkanes of at least 4 members (excludes halogenated alkanes) is 1. The molecule has 31 heavy (non-hydrogen) atoms. The summed E-state index contributed by atoms with van der Waals surface area (Å²) in [5.74, 6) is 2.25. The van der Waals surface area contributed by atoms with Crippen molar-refractivity contribution in [3.63, 3.8) is 0 Å². The number of carbonyl (C=O) groups is 2. The van der Waals surface area contributed by atoms with Crippen LogP contribution in [0.4, 0.5) is 0 Å². The van der Waals surface area contributed by atoms with Crippen LogP contribution in [0.15, 0.2) is 54.6 Å². The number of ether oxygens (including phenoxy) is 1. The molecular weight excluding hydrogens is 408 g/mol. The maximum Gasteiger partial charge on any atom is 0.242 e. The Bertz CT molecular complexity index is 796. The molecule has 0 heterocycles. The summed E-state index contributed by atoms with van der Waals surface area (Å²) >= 11 is 1.74. The molecule has 1 unspecified atom stereocenters. The SMILES string of the molecule is CCCCNC(=O)C(C)N(Cc1ccc(OC)cc1)C(=O)CCSCc1ccccc1. The molecule has 2 amide bonds. The van der Waals surface area contributed by atoms with Crippen molar-refractivity contribution >= 4 is 23.6 Å². The molecule has 6 heteroatoms. The van der Waals surface area contributed by atoms with Gasteiger partial charge in [0.2, 0.25) is 11.8 Å². The number of nitrogens with one attached hydrogen (secondary N) is 1. The average Bonchev–Trinajstić information content (AvgIpc) is 2.81. The zero-order valence-corrected chi connectivity index (χ0v) is 19.6. The summed E-state index contributed by atoms with van der Waals surface area (Å²) in [7, 11) is 1.63. The highest BCUT2D eigenvalue weighted by Gasteiger charge is 2.25. The standard InChI is InChI=1S/C25H34N2O3S/c1-4-5-16-26-25(29)20(2)27(18-21-11-13-23(30-3)14-12-21)24(28)15-17-31-19-22-9-7-6-8-10-22/h6-14,20H,4-5,15-19H2,1-3H3,(H,26,29). The molecule has 0 aliphatic rings. The fourth-order valence-electron chi connectivity index (χ4n) is 3.11. The molecule has 168 valence electrons. The fourth-order valence-corrected chi connectivity index (χ4v) is 4.01. The summed E-state index contributed by atoms with van der Waals surface area (Å²) in [6.07, 6.45) is 2.35. The van der Waals surface area contributed by atoms with Crippen LogP contribution < -0.4 is 10.1 Å². The van der Waals surface area contributed by atoms with Crippen LogP contribution in [0.5, 0.6) is 5.75 Å². The third-order valence-electron chi connectivity index (χ3n) is 5.08. The van der Waals surface area contributed by atoms with Crippen molar-refractivity contribution in [1.82, 2.24) is 10.2 Å². The predicted molar refractivity (Wildman–Crippen MR) is 128 cm³/mol. The molecule has 0 spiro atoms. The number of hydrogen-bond donors (Lipinski definition) is 1. The molecule has 0 saturated heterocycles. The molecule has 0 saturated carbocycles. The lowest BCUT2D eigenvalue weighted by atomic mass is 10.1. The Labute approximate surface area is 190 Å². The zero-order valence-electron chi connectivity index (χ0n) is 18.8. The van der Waals surface area contributed by atoms with Crippen LogP contribution in [0.2, 0.25) is 0 Å². The Balaban J connectivity index is 1.98. The van der Waals surface area contributed by atoms with E-state index in [0.29, 0.717) is 19.5 Å². The highest BCUT2D eigenvalue weighted by atomic mass is 32.2. The average molecular weight is 443 g/mol. The number of rotatable bonds is 13. The molecule has 2 aromatic rings. The molecule has 1 N–H and O–H groups in total. The van der Waals surface area contributed by atoms with Gasteiger partial charge in [0.25, 0.3) is 0 Å². The van der Waals surface area contributed by atoms with E-state index in [0.717, 1.165) is 35.7 Å². The molecule has 1 atom stereocenters. The quantitative estimate of drug-likeness (QED) is 0.459. The van der Waals surface area contributed by atoms with Crippen molar-refractivity contribution in [2.45, 2.75) is 51.4 Å². The first-order chi connectivity index (χ1) is 15.0. The Morgan fingerprint density at radius 2 is 1.77 bits per heavy atom. The predicted octanol–water partition coefficient (Wildman–Crippen LogP) is 4.65. The van der Waals surface area contributed by atoms with Gasteiger partial charge in [-0.2, -0.15) is 11.8 Å². The summed E-state index contributed by atoms with van der Waals surface area (Å²) in [4.78, 5) is 27.4. The molecule has 0 radical (unpaired) electrons. The van der Waals surface area contributed by atoms with E-state index in [1.165, 1.54) is 5.56 Å². The molecule has 2 aromatic carbocycles. The van der Waals surface area contributed by atoms with Crippen molar-refractivity contribution in [2.24, 2.45) is 0 Å². The first-order valence-electron chi connectivity index (χ1n) is 10.9. The second-order valence-corrected chi connectivity index (χ2v) is 8.58. The number of carbonyl (C=O) groups excluding carboxylic acids is 2. The minimum absolute atomic E-state index is 0.00507. The maximum absolute atomic E-state index is 13.1. The normalized spacial score (nSPS) is 11.6. The Kier molecular flexibility index (Phi) is 11.0. The molecule has 5 nitrogen and oxygen atoms in total. The first-order valence-corrected chi connectivity index (χ1v) is 12.0. The second kappa shape index (κ2) is 13.8. The highest BCUT2D eigenvalue weighted by molar-refractivity contribution is 7.98. The van der Waals surface area contributed by atoms with E-state index in [1.807, 2.05) is 42.5 Å². The van der Waals surface area contributed by atoms with Crippen molar-refractivity contribution in [1.29, 1.82) is 0 Å². The number of hydrogen-bond acceptors (Lipinski definition) is 4. The monoisotopic (exact) mass is 442 g/mol. The number of thioether (sulfide) groups is 1. The van der Waals surface area contributed by atoms with Crippen molar-refractivity contribution in [2.75, 3.05) is 19.4 Å². The second-order valence-electron chi connectivity index (χ2n) is 7.48. The first kappa shape index (κ1) is 24.8. The van der Waals surface area contributed by atoms with Gasteiger partial charge in [0, 0.05) is 31.0 Å². The van der Waals surface area contributed by atoms with E-state index >= 15 is 0 Å². The van der Waals surface area contributed by atoms with Gasteiger partial charge >= 0.3 is 0 Å². The third kappa shape index (κ3) is 8.66. The largest absolute Gasteiger partial charge is 0.497 e. The van der Waals surface area contributed by atoms with E-state index in [9.17, 15) is 9.59 Å². The Hall–Kier alpha value is -2.47. The van der Waals surface area contributed by atoms with Crippen LogP contribution in [0.1, 0.15) is 44.2 Å². The van der Waals surface area contributed by atoms with Gasteiger partial charge in [-0.25, -0.2) is 0 Å². The van der Waals surface area contributed by atoms with Crippen LogP contribution in [0.3, 0.4) is 0 Å². The molecule has 0 aromatic heterocycles. The van der Waals surface area contributed by atoms with E-state index in [2.05, 4.69) is 24.4 Å². The van der Waals surface area contributed by atoms with Crippen LogP contribution in [-0.4, -0.2) is 42.2 Å². The van der Waals surface area contributed by atoms with Gasteiger partial charge in [-0.1, -0.05) is 55.8 Å². The fraction of sp³-hybridized carbons (Fsp3) is 0.440. The van der Waals surface area contributed by atoms with Crippen LogP contribution >= 0.6 is 11.8 Å². The maximum atomic E-state index is 13.1. The summed E-state index contributed by atoms with van der Waals surface area (Å²) in [5.41, 5.74) is 2.22. The van der Waals surface area contributed by atoms with Gasteiger partial charge in [0.15, 0.2) is 0 Å². The molecular formula is C25H34N2O3S. The smallest absolute Gasteiger partial charge is 0.242 e. The molecule has 2 rings (SSSR count). The number of benzene rings is 2. The van der Waals surface area contributed by atoms with Crippen molar-refractivity contribution in [3.05, 3.63) is 65.7 Å². The molecule has 0 aliphatic heterocycles. The number of nitrogens with zero attached hydrogens (tertiary/aromatic N) is 1. The van der Waals surface area contributed by atoms with Crippen LogP contribution in [0, 0.1) is 0 Å². The van der Waals surface area contributed by atoms with E-state index in [1.54, 1.807) is 30.7 Å². The summed E-state index contributed by atoms with van der Waals surface area (Å²) in [6, 6.07) is 17.3. The third-order valence-corrected chi connectivity index (χ3v) is 6.11. The van der Waals surface area contributed by atoms with Gasteiger partial charge in [0.1, 0.15) is 11.8 Å². The zero-order chi connectivity index (χ0) is 22.5. The number of methoxy groups -OCH3 is 1. The lowest BCUT2D eigenvalue weighted by molar-refractivity contribution is -0.140. The Morgan fingerprint density at radius 1 is 1.06 bits per heavy atom. The highest BCUT2D eigenvalue weighted by Crippen LogP contribution is 2.17. The van der Waals surface area contributed by atoms with E-state index < -0.39 is 6.04 Å². The van der Waals surface area contributed by atoms with Gasteiger partial charge in [0.05, 0.1) is 7.11 Å². The van der Waals surface area contributed by atoms with E-state index in [-0.39, 0.29) is 11.8 Å². The minimum Gasteiger partial charge on any atom is -0.497 e. The van der Waals surface area contributed by atoms with E-state index in [4.69, 9.17) is 4.74 Å². The lowest BCUT2D eigenvalue weighted by Gasteiger charge is -2.29. The summed E-state index contributed by atoms with van der Waals surface area (Å²) in [5, 5.41) is 2.95. The minimum atomic E-state index is -0.523. The topological polar surface area (TPSA) is 58.6 Å². The lowest BCUT2D eigenvalue weighted by Crippen LogP contribution is -2.47. The molecule has 0 aliphatic carbocycles. The van der Waals surface area contributed by atoms with Gasteiger partial charge in [-0.3, -0.25) is 9.59 Å². The summed E-state index contributed by atoms with van der Waals surface area (Å²) in [6.45, 7) is 4.92. The van der Waals surface area contributed by atoms with Gasteiger partial charge < -0.3 is 15.0 Å². The van der Waals surface area contributed by atoms with Crippen LogP contribution in [0.25, 0.3) is 0 Å².